The molecule has 2 rings (SSSR count). The Balaban J connectivity index is 2.51. The summed E-state index contributed by atoms with van der Waals surface area (Å²) in [5.74, 6) is -0.784. The van der Waals surface area contributed by atoms with Crippen LogP contribution in [0.15, 0.2) is 29.5 Å². The molecule has 0 radical (unpaired) electrons. The number of ether oxygens (including phenoxy) is 3. The maximum absolute atomic E-state index is 11.7. The minimum Gasteiger partial charge on any atom is -0.466 e. The van der Waals surface area contributed by atoms with Crippen molar-refractivity contribution in [2.75, 3.05) is 14.2 Å². The summed E-state index contributed by atoms with van der Waals surface area (Å²) < 4.78 is 14.9. The second-order valence-corrected chi connectivity index (χ2v) is 4.13. The molecule has 0 aliphatic carbocycles. The number of para-hydroxylation sites is 1. The molecule has 0 atom stereocenters. The SMILES string of the molecule is COC(=O)C1=C(C(=O)OC)Oc2c(C)cccc2C1. The highest BCUT2D eigenvalue weighted by Gasteiger charge is 2.31. The Morgan fingerprint density at radius 3 is 2.47 bits per heavy atom. The molecule has 0 spiro atoms. The summed E-state index contributed by atoms with van der Waals surface area (Å²) in [4.78, 5) is 23.4. The second-order valence-electron chi connectivity index (χ2n) is 4.13. The predicted molar refractivity (Wildman–Crippen MR) is 66.6 cm³/mol. The molecule has 0 saturated heterocycles. The molecule has 0 amide bonds. The van der Waals surface area contributed by atoms with E-state index in [1.54, 1.807) is 0 Å². The molecule has 5 nitrogen and oxygen atoms in total. The monoisotopic (exact) mass is 262 g/mol. The van der Waals surface area contributed by atoms with Gasteiger partial charge in [-0.1, -0.05) is 18.2 Å². The number of aryl methyl sites for hydroxylation is 1. The van der Waals surface area contributed by atoms with Crippen molar-refractivity contribution in [2.24, 2.45) is 0 Å². The van der Waals surface area contributed by atoms with E-state index in [0.717, 1.165) is 11.1 Å². The number of methoxy groups -OCH3 is 2. The summed E-state index contributed by atoms with van der Waals surface area (Å²) in [6, 6.07) is 5.59. The van der Waals surface area contributed by atoms with Gasteiger partial charge in [0.1, 0.15) is 5.75 Å². The van der Waals surface area contributed by atoms with Gasteiger partial charge in [-0.2, -0.15) is 0 Å². The van der Waals surface area contributed by atoms with Gasteiger partial charge in [0.15, 0.2) is 0 Å². The third-order valence-electron chi connectivity index (χ3n) is 2.94. The van der Waals surface area contributed by atoms with Gasteiger partial charge in [0.25, 0.3) is 0 Å². The number of fused-ring (bicyclic) bond motifs is 1. The van der Waals surface area contributed by atoms with Gasteiger partial charge in [0.05, 0.1) is 19.8 Å². The summed E-state index contributed by atoms with van der Waals surface area (Å²) in [6.07, 6.45) is 0.286. The Morgan fingerprint density at radius 2 is 1.84 bits per heavy atom. The van der Waals surface area contributed by atoms with Crippen molar-refractivity contribution in [2.45, 2.75) is 13.3 Å². The lowest BCUT2D eigenvalue weighted by Crippen LogP contribution is -2.24. The van der Waals surface area contributed by atoms with Gasteiger partial charge in [-0.05, 0) is 18.1 Å². The third-order valence-corrected chi connectivity index (χ3v) is 2.94. The van der Waals surface area contributed by atoms with Crippen LogP contribution >= 0.6 is 0 Å². The van der Waals surface area contributed by atoms with E-state index in [-0.39, 0.29) is 17.8 Å². The summed E-state index contributed by atoms with van der Waals surface area (Å²) in [6.45, 7) is 1.87. The highest BCUT2D eigenvalue weighted by atomic mass is 16.6. The highest BCUT2D eigenvalue weighted by Crippen LogP contribution is 2.33. The maximum atomic E-state index is 11.7. The van der Waals surface area contributed by atoms with Crippen LogP contribution in [0.5, 0.6) is 5.75 Å². The Morgan fingerprint density at radius 1 is 1.16 bits per heavy atom. The van der Waals surface area contributed by atoms with E-state index < -0.39 is 11.9 Å². The van der Waals surface area contributed by atoms with E-state index in [2.05, 4.69) is 9.47 Å². The van der Waals surface area contributed by atoms with E-state index in [9.17, 15) is 9.59 Å². The standard InChI is InChI=1S/C14H14O5/c1-8-5-4-6-9-7-10(13(15)17-2)12(14(16)18-3)19-11(8)9/h4-6H,7H2,1-3H3. The van der Waals surface area contributed by atoms with Crippen LogP contribution in [0.4, 0.5) is 0 Å². The Labute approximate surface area is 110 Å². The van der Waals surface area contributed by atoms with E-state index in [1.807, 2.05) is 25.1 Å². The Bertz CT molecular complexity index is 571. The summed E-state index contributed by atoms with van der Waals surface area (Å²) in [5.41, 5.74) is 1.91. The molecular weight excluding hydrogens is 248 g/mol. The van der Waals surface area contributed by atoms with Crippen LogP contribution < -0.4 is 4.74 Å². The molecule has 0 aromatic heterocycles. The summed E-state index contributed by atoms with van der Waals surface area (Å²) in [7, 11) is 2.50. The van der Waals surface area contributed by atoms with Crippen molar-refractivity contribution < 1.29 is 23.8 Å². The van der Waals surface area contributed by atoms with Crippen molar-refractivity contribution in [1.29, 1.82) is 0 Å². The normalized spacial score (nSPS) is 13.4. The second kappa shape index (κ2) is 5.14. The first-order chi connectivity index (χ1) is 9.08. The van der Waals surface area contributed by atoms with Crippen molar-refractivity contribution in [3.8, 4) is 5.75 Å². The molecule has 1 aromatic rings. The lowest BCUT2D eigenvalue weighted by Gasteiger charge is -2.22. The topological polar surface area (TPSA) is 61.8 Å². The minimum absolute atomic E-state index is 0.101. The average molecular weight is 262 g/mol. The molecule has 0 saturated carbocycles. The zero-order chi connectivity index (χ0) is 14.0. The van der Waals surface area contributed by atoms with Crippen LogP contribution in [-0.2, 0) is 25.5 Å². The van der Waals surface area contributed by atoms with E-state index in [1.165, 1.54) is 14.2 Å². The maximum Gasteiger partial charge on any atom is 0.374 e. The molecule has 1 aromatic carbocycles. The predicted octanol–water partition coefficient (Wildman–Crippen LogP) is 1.53. The molecular formula is C14H14O5. The molecule has 1 aliphatic rings. The third kappa shape index (κ3) is 2.31. The van der Waals surface area contributed by atoms with Crippen molar-refractivity contribution in [1.82, 2.24) is 0 Å². The van der Waals surface area contributed by atoms with Gasteiger partial charge in [-0.3, -0.25) is 0 Å². The average Bonchev–Trinajstić information content (AvgIpc) is 2.44. The van der Waals surface area contributed by atoms with E-state index in [4.69, 9.17) is 4.74 Å². The van der Waals surface area contributed by atoms with Crippen molar-refractivity contribution in [3.63, 3.8) is 0 Å². The lowest BCUT2D eigenvalue weighted by molar-refractivity contribution is -0.141. The molecule has 19 heavy (non-hydrogen) atoms. The van der Waals surface area contributed by atoms with Gasteiger partial charge < -0.3 is 14.2 Å². The number of carbonyl (C=O) groups excluding carboxylic acids is 2. The van der Waals surface area contributed by atoms with Crippen LogP contribution in [0.25, 0.3) is 0 Å². The molecule has 0 N–H and O–H groups in total. The van der Waals surface area contributed by atoms with Gasteiger partial charge in [0.2, 0.25) is 5.76 Å². The van der Waals surface area contributed by atoms with Crippen LogP contribution in [-0.4, -0.2) is 26.2 Å². The lowest BCUT2D eigenvalue weighted by atomic mass is 9.98. The van der Waals surface area contributed by atoms with Crippen LogP contribution in [0.3, 0.4) is 0 Å². The zero-order valence-electron chi connectivity index (χ0n) is 11.0. The molecule has 100 valence electrons. The first-order valence-corrected chi connectivity index (χ1v) is 5.74. The smallest absolute Gasteiger partial charge is 0.374 e. The fourth-order valence-electron chi connectivity index (χ4n) is 1.98. The number of hydrogen-bond donors (Lipinski definition) is 0. The molecule has 5 heteroatoms. The summed E-state index contributed by atoms with van der Waals surface area (Å²) >= 11 is 0. The molecule has 1 heterocycles. The number of carbonyl (C=O) groups is 2. The summed E-state index contributed by atoms with van der Waals surface area (Å²) in [5, 5.41) is 0. The zero-order valence-corrected chi connectivity index (χ0v) is 11.0. The first-order valence-electron chi connectivity index (χ1n) is 5.74. The van der Waals surface area contributed by atoms with Gasteiger partial charge in [0, 0.05) is 6.42 Å². The first kappa shape index (κ1) is 13.1. The minimum atomic E-state index is -0.686. The van der Waals surface area contributed by atoms with Crippen LogP contribution in [0, 0.1) is 6.92 Å². The van der Waals surface area contributed by atoms with Crippen molar-refractivity contribution >= 4 is 11.9 Å². The number of benzene rings is 1. The number of rotatable bonds is 2. The number of esters is 2. The fraction of sp³-hybridized carbons (Fsp3) is 0.286. The molecule has 0 fully saturated rings. The fourth-order valence-corrected chi connectivity index (χ4v) is 1.98. The molecule has 0 unspecified atom stereocenters. The van der Waals surface area contributed by atoms with Gasteiger partial charge >= 0.3 is 11.9 Å². The quantitative estimate of drug-likeness (QED) is 0.756. The van der Waals surface area contributed by atoms with Crippen molar-refractivity contribution in [3.05, 3.63) is 40.7 Å². The molecule has 0 bridgehead atoms. The van der Waals surface area contributed by atoms with Gasteiger partial charge in [-0.15, -0.1) is 0 Å². The van der Waals surface area contributed by atoms with Crippen LogP contribution in [0.1, 0.15) is 11.1 Å². The van der Waals surface area contributed by atoms with Gasteiger partial charge in [-0.25, -0.2) is 9.59 Å². The van der Waals surface area contributed by atoms with Crippen LogP contribution in [0.2, 0.25) is 0 Å². The number of hydrogen-bond acceptors (Lipinski definition) is 5. The van der Waals surface area contributed by atoms with E-state index in [0.29, 0.717) is 5.75 Å². The molecule has 1 aliphatic heterocycles. The highest BCUT2D eigenvalue weighted by molar-refractivity contribution is 6.00. The largest absolute Gasteiger partial charge is 0.466 e. The Kier molecular flexibility index (Phi) is 3.55. The Hall–Kier alpha value is -2.30. The van der Waals surface area contributed by atoms with E-state index >= 15 is 0 Å².